The molecule has 4 rings (SSSR count). The molecule has 0 unspecified atom stereocenters. The number of halogens is 1. The maximum atomic E-state index is 13.9. The molecule has 0 aliphatic carbocycles. The topological polar surface area (TPSA) is 82.6 Å². The van der Waals surface area contributed by atoms with Gasteiger partial charge in [-0.05, 0) is 63.2 Å². The van der Waals surface area contributed by atoms with Crippen LogP contribution in [0.5, 0.6) is 0 Å². The van der Waals surface area contributed by atoms with Gasteiger partial charge in [0, 0.05) is 29.6 Å². The third-order valence-electron chi connectivity index (χ3n) is 6.77. The van der Waals surface area contributed by atoms with Gasteiger partial charge in [-0.15, -0.1) is 11.3 Å². The van der Waals surface area contributed by atoms with Gasteiger partial charge in [0.25, 0.3) is 0 Å². The number of carbonyl (C=O) groups is 1. The van der Waals surface area contributed by atoms with Gasteiger partial charge in [-0.2, -0.15) is 4.31 Å². The molecule has 2 aliphatic heterocycles. The molecule has 0 saturated carbocycles. The Morgan fingerprint density at radius 2 is 1.94 bits per heavy atom. The monoisotopic (exact) mass is 494 g/mol. The molecule has 10 heteroatoms. The van der Waals surface area contributed by atoms with Gasteiger partial charge in [-0.1, -0.05) is 18.2 Å². The van der Waals surface area contributed by atoms with Gasteiger partial charge in [0.2, 0.25) is 15.9 Å². The van der Waals surface area contributed by atoms with Gasteiger partial charge in [-0.3, -0.25) is 9.69 Å². The third-order valence-corrected chi connectivity index (χ3v) is 9.11. The second-order valence-corrected chi connectivity index (χ2v) is 13.0. The molecule has 180 valence electrons. The molecule has 3 heterocycles. The first-order chi connectivity index (χ1) is 15.5. The van der Waals surface area contributed by atoms with Crippen molar-refractivity contribution in [2.75, 3.05) is 37.8 Å². The Kier molecular flexibility index (Phi) is 6.65. The summed E-state index contributed by atoms with van der Waals surface area (Å²) in [4.78, 5) is 19.8. The lowest BCUT2D eigenvalue weighted by Crippen LogP contribution is -2.45. The van der Waals surface area contributed by atoms with Crippen LogP contribution >= 0.6 is 11.3 Å². The normalized spacial score (nSPS) is 20.8. The number of sulfonamides is 1. The van der Waals surface area contributed by atoms with E-state index >= 15 is 0 Å². The van der Waals surface area contributed by atoms with Crippen molar-refractivity contribution in [1.82, 2.24) is 14.2 Å². The Labute approximate surface area is 199 Å². The summed E-state index contributed by atoms with van der Waals surface area (Å²) in [6.07, 6.45) is 5.99. The summed E-state index contributed by atoms with van der Waals surface area (Å²) in [6.45, 7) is 6.35. The third kappa shape index (κ3) is 5.62. The molecule has 1 spiro atoms. The molecular weight excluding hydrogens is 463 g/mol. The van der Waals surface area contributed by atoms with Crippen molar-refractivity contribution < 1.29 is 17.6 Å². The summed E-state index contributed by atoms with van der Waals surface area (Å²) in [7, 11) is -3.24. The highest BCUT2D eigenvalue weighted by Gasteiger charge is 2.52. The number of carbonyl (C=O) groups excluding carboxylic acids is 1. The van der Waals surface area contributed by atoms with E-state index in [2.05, 4.69) is 15.2 Å². The van der Waals surface area contributed by atoms with E-state index in [1.807, 2.05) is 13.8 Å². The van der Waals surface area contributed by atoms with E-state index in [0.29, 0.717) is 23.7 Å². The van der Waals surface area contributed by atoms with Gasteiger partial charge < -0.3 is 5.32 Å². The molecule has 2 fully saturated rings. The van der Waals surface area contributed by atoms with Crippen LogP contribution in [0.1, 0.15) is 43.6 Å². The first kappa shape index (κ1) is 24.3. The number of benzene rings is 1. The number of piperidine rings is 1. The lowest BCUT2D eigenvalue weighted by Gasteiger charge is -2.39. The number of likely N-dealkylation sites (tertiary alicyclic amines) is 1. The van der Waals surface area contributed by atoms with Crippen molar-refractivity contribution >= 4 is 32.4 Å². The van der Waals surface area contributed by atoms with E-state index < -0.39 is 10.0 Å². The minimum absolute atomic E-state index is 0.0174. The molecule has 2 aliphatic rings. The number of hydrogen-bond acceptors (Lipinski definition) is 6. The first-order valence-electron chi connectivity index (χ1n) is 11.1. The van der Waals surface area contributed by atoms with Gasteiger partial charge in [0.05, 0.1) is 12.8 Å². The largest absolute Gasteiger partial charge is 0.301 e. The van der Waals surface area contributed by atoms with E-state index in [4.69, 9.17) is 0 Å². The number of hydrogen-bond donors (Lipinski definition) is 1. The summed E-state index contributed by atoms with van der Waals surface area (Å²) in [5.41, 5.74) is 0.209. The summed E-state index contributed by atoms with van der Waals surface area (Å²) in [6, 6.07) is 6.65. The van der Waals surface area contributed by atoms with Gasteiger partial charge in [-0.25, -0.2) is 17.8 Å². The molecule has 2 saturated heterocycles. The highest BCUT2D eigenvalue weighted by atomic mass is 32.2. The fraction of sp³-hybridized carbons (Fsp3) is 0.565. The fourth-order valence-corrected chi connectivity index (χ4v) is 7.63. The zero-order chi connectivity index (χ0) is 23.9. The summed E-state index contributed by atoms with van der Waals surface area (Å²) >= 11 is 1.35. The zero-order valence-corrected chi connectivity index (χ0v) is 20.9. The van der Waals surface area contributed by atoms with Crippen LogP contribution in [0.2, 0.25) is 0 Å². The fourth-order valence-electron chi connectivity index (χ4n) is 5.31. The molecule has 0 bridgehead atoms. The zero-order valence-electron chi connectivity index (χ0n) is 19.3. The van der Waals surface area contributed by atoms with Crippen molar-refractivity contribution in [2.24, 2.45) is 5.41 Å². The highest BCUT2D eigenvalue weighted by Crippen LogP contribution is 2.48. The van der Waals surface area contributed by atoms with Crippen LogP contribution in [0.3, 0.4) is 0 Å². The van der Waals surface area contributed by atoms with Crippen molar-refractivity contribution in [2.45, 2.75) is 45.1 Å². The summed E-state index contributed by atoms with van der Waals surface area (Å²) < 4.78 is 39.9. The molecule has 1 aromatic carbocycles. The van der Waals surface area contributed by atoms with Crippen LogP contribution in [0.25, 0.3) is 0 Å². The Morgan fingerprint density at radius 1 is 1.24 bits per heavy atom. The number of aromatic nitrogens is 1. The SMILES string of the molecule is CC1(C)CC2(CCN(CC(=O)Nc3ncc(Cc4ccccc4F)s3)CC2)CN1S(C)(=O)=O. The average Bonchev–Trinajstić information content (AvgIpc) is 3.26. The van der Waals surface area contributed by atoms with Gasteiger partial charge >= 0.3 is 0 Å². The Hall–Kier alpha value is -1.88. The molecular formula is C23H31FN4O3S2. The Bertz CT molecular complexity index is 1120. The van der Waals surface area contributed by atoms with E-state index in [0.717, 1.165) is 37.2 Å². The molecule has 1 N–H and O–H groups in total. The number of amides is 1. The van der Waals surface area contributed by atoms with E-state index in [1.165, 1.54) is 23.7 Å². The lowest BCUT2D eigenvalue weighted by atomic mass is 9.74. The minimum atomic E-state index is -3.24. The smallest absolute Gasteiger partial charge is 0.240 e. The second kappa shape index (κ2) is 9.05. The van der Waals surface area contributed by atoms with Crippen molar-refractivity contribution in [3.63, 3.8) is 0 Å². The Morgan fingerprint density at radius 3 is 2.58 bits per heavy atom. The van der Waals surface area contributed by atoms with Crippen molar-refractivity contribution in [3.05, 3.63) is 46.7 Å². The van der Waals surface area contributed by atoms with E-state index in [1.54, 1.807) is 28.7 Å². The van der Waals surface area contributed by atoms with Crippen LogP contribution in [-0.2, 0) is 21.2 Å². The molecule has 2 aromatic rings. The predicted octanol–water partition coefficient (Wildman–Crippen LogP) is 3.34. The minimum Gasteiger partial charge on any atom is -0.301 e. The maximum Gasteiger partial charge on any atom is 0.240 e. The molecule has 1 amide bonds. The van der Waals surface area contributed by atoms with Crippen molar-refractivity contribution in [3.8, 4) is 0 Å². The molecule has 1 aromatic heterocycles. The number of nitrogens with zero attached hydrogens (tertiary/aromatic N) is 3. The average molecular weight is 495 g/mol. The summed E-state index contributed by atoms with van der Waals surface area (Å²) in [5.74, 6) is -0.369. The van der Waals surface area contributed by atoms with Crippen LogP contribution in [0.4, 0.5) is 9.52 Å². The number of nitrogens with one attached hydrogen (secondary N) is 1. The number of anilines is 1. The molecule has 0 atom stereocenters. The quantitative estimate of drug-likeness (QED) is 0.666. The maximum absolute atomic E-state index is 13.9. The highest BCUT2D eigenvalue weighted by molar-refractivity contribution is 7.88. The Balaban J connectivity index is 1.28. The van der Waals surface area contributed by atoms with Crippen LogP contribution in [-0.4, -0.2) is 66.5 Å². The van der Waals surface area contributed by atoms with Crippen LogP contribution in [0, 0.1) is 11.2 Å². The molecule has 33 heavy (non-hydrogen) atoms. The molecule has 0 radical (unpaired) electrons. The first-order valence-corrected chi connectivity index (χ1v) is 13.8. The van der Waals surface area contributed by atoms with Crippen LogP contribution < -0.4 is 5.32 Å². The molecule has 7 nitrogen and oxygen atoms in total. The van der Waals surface area contributed by atoms with Gasteiger partial charge in [0.15, 0.2) is 5.13 Å². The predicted molar refractivity (Wildman–Crippen MR) is 128 cm³/mol. The van der Waals surface area contributed by atoms with E-state index in [-0.39, 0.29) is 29.2 Å². The standard InChI is InChI=1S/C23H31FN4O3S2/c1-22(2)15-23(16-28(22)33(3,30)31)8-10-27(11-9-23)14-20(29)26-21-25-13-18(32-21)12-17-6-4-5-7-19(17)24/h4-7,13H,8-12,14-16H2,1-3H3,(H,25,26,29). The number of rotatable bonds is 6. The number of thiazole rings is 1. The van der Waals surface area contributed by atoms with Crippen LogP contribution in [0.15, 0.2) is 30.5 Å². The van der Waals surface area contributed by atoms with Gasteiger partial charge in [0.1, 0.15) is 5.82 Å². The van der Waals surface area contributed by atoms with Crippen molar-refractivity contribution in [1.29, 1.82) is 0 Å². The second-order valence-electron chi connectivity index (χ2n) is 9.98. The lowest BCUT2D eigenvalue weighted by molar-refractivity contribution is -0.117. The summed E-state index contributed by atoms with van der Waals surface area (Å²) in [5, 5.41) is 3.37. The van der Waals surface area contributed by atoms with E-state index in [9.17, 15) is 17.6 Å².